The van der Waals surface area contributed by atoms with Gasteiger partial charge in [0.2, 0.25) is 5.91 Å². The molecular formula is C17H24N2O. The van der Waals surface area contributed by atoms with Gasteiger partial charge in [-0.3, -0.25) is 4.79 Å². The SMILES string of the molecule is CC1Cc2ccccc2N1C(=O)CC1CCCCC1N. The summed E-state index contributed by atoms with van der Waals surface area (Å²) in [6, 6.07) is 8.75. The van der Waals surface area contributed by atoms with E-state index in [2.05, 4.69) is 25.1 Å². The molecule has 1 amide bonds. The third-order valence-electron chi connectivity index (χ3n) is 4.88. The summed E-state index contributed by atoms with van der Waals surface area (Å²) in [5.74, 6) is 0.626. The van der Waals surface area contributed by atoms with Crippen LogP contribution in [0.1, 0.15) is 44.6 Å². The van der Waals surface area contributed by atoms with Crippen molar-refractivity contribution in [2.75, 3.05) is 4.90 Å². The van der Waals surface area contributed by atoms with E-state index in [-0.39, 0.29) is 18.0 Å². The van der Waals surface area contributed by atoms with Crippen molar-refractivity contribution in [3.8, 4) is 0 Å². The minimum absolute atomic E-state index is 0.209. The lowest BCUT2D eigenvalue weighted by molar-refractivity contribution is -0.120. The molecule has 1 fully saturated rings. The fraction of sp³-hybridized carbons (Fsp3) is 0.588. The first-order valence-corrected chi connectivity index (χ1v) is 7.82. The Morgan fingerprint density at radius 2 is 2.05 bits per heavy atom. The molecule has 2 aliphatic rings. The summed E-state index contributed by atoms with van der Waals surface area (Å²) in [5, 5.41) is 0. The summed E-state index contributed by atoms with van der Waals surface area (Å²) in [6.07, 6.45) is 6.20. The summed E-state index contributed by atoms with van der Waals surface area (Å²) in [5.41, 5.74) is 8.58. The van der Waals surface area contributed by atoms with E-state index in [1.165, 1.54) is 18.4 Å². The molecule has 1 aliphatic carbocycles. The third-order valence-corrected chi connectivity index (χ3v) is 4.88. The van der Waals surface area contributed by atoms with Gasteiger partial charge in [-0.1, -0.05) is 31.0 Å². The molecule has 1 aromatic rings. The van der Waals surface area contributed by atoms with Gasteiger partial charge in [0, 0.05) is 24.2 Å². The topological polar surface area (TPSA) is 46.3 Å². The van der Waals surface area contributed by atoms with Crippen LogP contribution >= 0.6 is 0 Å². The maximum absolute atomic E-state index is 12.7. The van der Waals surface area contributed by atoms with Crippen LogP contribution in [0.2, 0.25) is 0 Å². The molecule has 0 radical (unpaired) electrons. The van der Waals surface area contributed by atoms with E-state index in [9.17, 15) is 4.79 Å². The predicted octanol–water partition coefficient (Wildman–Crippen LogP) is 2.87. The van der Waals surface area contributed by atoms with Crippen molar-refractivity contribution in [2.24, 2.45) is 11.7 Å². The van der Waals surface area contributed by atoms with Crippen LogP contribution in [0.5, 0.6) is 0 Å². The Kier molecular flexibility index (Phi) is 3.79. The fourth-order valence-corrected chi connectivity index (χ4v) is 3.76. The van der Waals surface area contributed by atoms with Crippen molar-refractivity contribution in [2.45, 2.75) is 57.5 Å². The molecule has 1 saturated carbocycles. The monoisotopic (exact) mass is 272 g/mol. The van der Waals surface area contributed by atoms with Gasteiger partial charge in [0.15, 0.2) is 0 Å². The summed E-state index contributed by atoms with van der Waals surface area (Å²) in [7, 11) is 0. The normalized spacial score (nSPS) is 29.3. The maximum atomic E-state index is 12.7. The number of carbonyl (C=O) groups is 1. The number of para-hydroxylation sites is 1. The van der Waals surface area contributed by atoms with Crippen LogP contribution in [0.15, 0.2) is 24.3 Å². The molecule has 3 atom stereocenters. The van der Waals surface area contributed by atoms with Gasteiger partial charge in [-0.15, -0.1) is 0 Å². The predicted molar refractivity (Wildman–Crippen MR) is 81.6 cm³/mol. The van der Waals surface area contributed by atoms with Gasteiger partial charge in [0.25, 0.3) is 0 Å². The Labute approximate surface area is 121 Å². The molecule has 1 aliphatic heterocycles. The van der Waals surface area contributed by atoms with Crippen LogP contribution in [0.25, 0.3) is 0 Å². The highest BCUT2D eigenvalue weighted by atomic mass is 16.2. The van der Waals surface area contributed by atoms with E-state index in [0.717, 1.165) is 24.9 Å². The second kappa shape index (κ2) is 5.57. The number of benzene rings is 1. The van der Waals surface area contributed by atoms with Gasteiger partial charge in [0.05, 0.1) is 0 Å². The van der Waals surface area contributed by atoms with Crippen molar-refractivity contribution in [3.05, 3.63) is 29.8 Å². The number of carbonyl (C=O) groups excluding carboxylic acids is 1. The second-order valence-electron chi connectivity index (χ2n) is 6.36. The van der Waals surface area contributed by atoms with E-state index in [4.69, 9.17) is 5.73 Å². The number of rotatable bonds is 2. The van der Waals surface area contributed by atoms with Gasteiger partial charge >= 0.3 is 0 Å². The number of hydrogen-bond acceptors (Lipinski definition) is 2. The third kappa shape index (κ3) is 2.47. The standard InChI is InChI=1S/C17H24N2O/c1-12-10-14-7-3-5-9-16(14)19(12)17(20)11-13-6-2-4-8-15(13)18/h3,5,7,9,12-13,15H,2,4,6,8,10-11,18H2,1H3. The van der Waals surface area contributed by atoms with Gasteiger partial charge in [-0.05, 0) is 43.7 Å². The number of nitrogens with two attached hydrogens (primary N) is 1. The van der Waals surface area contributed by atoms with Gasteiger partial charge < -0.3 is 10.6 Å². The van der Waals surface area contributed by atoms with Crippen molar-refractivity contribution in [1.82, 2.24) is 0 Å². The molecule has 0 saturated heterocycles. The molecule has 108 valence electrons. The van der Waals surface area contributed by atoms with Crippen LogP contribution in [0, 0.1) is 5.92 Å². The molecule has 0 bridgehead atoms. The summed E-state index contributed by atoms with van der Waals surface area (Å²) < 4.78 is 0. The molecule has 0 aromatic heterocycles. The van der Waals surface area contributed by atoms with Crippen LogP contribution in [0.3, 0.4) is 0 Å². The number of fused-ring (bicyclic) bond motifs is 1. The Morgan fingerprint density at radius 1 is 1.30 bits per heavy atom. The van der Waals surface area contributed by atoms with E-state index in [0.29, 0.717) is 12.3 Å². The average Bonchev–Trinajstić information content (AvgIpc) is 2.77. The maximum Gasteiger partial charge on any atom is 0.227 e. The molecule has 1 aromatic carbocycles. The van der Waals surface area contributed by atoms with Crippen LogP contribution in [-0.2, 0) is 11.2 Å². The minimum atomic E-state index is 0.209. The lowest BCUT2D eigenvalue weighted by Gasteiger charge is -2.31. The summed E-state index contributed by atoms with van der Waals surface area (Å²) in [4.78, 5) is 14.7. The smallest absolute Gasteiger partial charge is 0.227 e. The van der Waals surface area contributed by atoms with Crippen molar-refractivity contribution < 1.29 is 4.79 Å². The highest BCUT2D eigenvalue weighted by molar-refractivity contribution is 5.96. The molecule has 3 rings (SSSR count). The fourth-order valence-electron chi connectivity index (χ4n) is 3.76. The highest BCUT2D eigenvalue weighted by Crippen LogP contribution is 2.34. The minimum Gasteiger partial charge on any atom is -0.327 e. The zero-order chi connectivity index (χ0) is 14.1. The first-order chi connectivity index (χ1) is 9.66. The number of hydrogen-bond donors (Lipinski definition) is 1. The van der Waals surface area contributed by atoms with Crippen LogP contribution < -0.4 is 10.6 Å². The number of amides is 1. The van der Waals surface area contributed by atoms with Crippen molar-refractivity contribution in [3.63, 3.8) is 0 Å². The molecule has 20 heavy (non-hydrogen) atoms. The zero-order valence-electron chi connectivity index (χ0n) is 12.2. The highest BCUT2D eigenvalue weighted by Gasteiger charge is 2.33. The summed E-state index contributed by atoms with van der Waals surface area (Å²) in [6.45, 7) is 2.14. The summed E-state index contributed by atoms with van der Waals surface area (Å²) >= 11 is 0. The molecule has 0 spiro atoms. The van der Waals surface area contributed by atoms with E-state index < -0.39 is 0 Å². The second-order valence-corrected chi connectivity index (χ2v) is 6.36. The Balaban J connectivity index is 1.74. The van der Waals surface area contributed by atoms with Gasteiger partial charge in [-0.2, -0.15) is 0 Å². The molecule has 3 unspecified atom stereocenters. The molecule has 2 N–H and O–H groups in total. The van der Waals surface area contributed by atoms with E-state index >= 15 is 0 Å². The largest absolute Gasteiger partial charge is 0.327 e. The van der Waals surface area contributed by atoms with Crippen LogP contribution in [0.4, 0.5) is 5.69 Å². The molecule has 3 nitrogen and oxygen atoms in total. The Bertz CT molecular complexity index is 500. The van der Waals surface area contributed by atoms with Crippen molar-refractivity contribution >= 4 is 11.6 Å². The Hall–Kier alpha value is -1.35. The van der Waals surface area contributed by atoms with Crippen molar-refractivity contribution in [1.29, 1.82) is 0 Å². The lowest BCUT2D eigenvalue weighted by atomic mass is 9.82. The molecule has 3 heteroatoms. The van der Waals surface area contributed by atoms with E-state index in [1.807, 2.05) is 11.0 Å². The van der Waals surface area contributed by atoms with Gasteiger partial charge in [0.1, 0.15) is 0 Å². The first-order valence-electron chi connectivity index (χ1n) is 7.82. The van der Waals surface area contributed by atoms with E-state index in [1.54, 1.807) is 0 Å². The van der Waals surface area contributed by atoms with Crippen LogP contribution in [-0.4, -0.2) is 18.0 Å². The molecular weight excluding hydrogens is 248 g/mol. The average molecular weight is 272 g/mol. The number of anilines is 1. The lowest BCUT2D eigenvalue weighted by Crippen LogP contribution is -2.41. The Morgan fingerprint density at radius 3 is 2.85 bits per heavy atom. The molecule has 1 heterocycles. The zero-order valence-corrected chi connectivity index (χ0v) is 12.2. The number of nitrogens with zero attached hydrogens (tertiary/aromatic N) is 1. The quantitative estimate of drug-likeness (QED) is 0.900. The van der Waals surface area contributed by atoms with Gasteiger partial charge in [-0.25, -0.2) is 0 Å². The first kappa shape index (κ1) is 13.6.